The molecule has 0 aromatic heterocycles. The van der Waals surface area contributed by atoms with Crippen LogP contribution in [0.4, 0.5) is 4.39 Å². The molecule has 0 bridgehead atoms. The van der Waals surface area contributed by atoms with Crippen molar-refractivity contribution >= 4 is 21.7 Å². The molecule has 0 heterocycles. The number of Topliss-reactive ketones (excluding diaryl/α,β-unsaturated/α-hetero) is 1. The Morgan fingerprint density at radius 2 is 1.78 bits per heavy atom. The van der Waals surface area contributed by atoms with Crippen LogP contribution in [0.3, 0.4) is 0 Å². The van der Waals surface area contributed by atoms with Crippen molar-refractivity contribution in [3.63, 3.8) is 0 Å². The van der Waals surface area contributed by atoms with Crippen LogP contribution in [0, 0.1) is 5.82 Å². The highest BCUT2D eigenvalue weighted by Gasteiger charge is 2.09. The lowest BCUT2D eigenvalue weighted by molar-refractivity contribution is -0.117. The Labute approximate surface area is 114 Å². The van der Waals surface area contributed by atoms with E-state index < -0.39 is 0 Å². The van der Waals surface area contributed by atoms with Crippen LogP contribution in [-0.2, 0) is 17.6 Å². The molecule has 2 rings (SSSR count). The fourth-order valence-electron chi connectivity index (χ4n) is 1.76. The number of hydrogen-bond donors (Lipinski definition) is 0. The summed E-state index contributed by atoms with van der Waals surface area (Å²) in [5.74, 6) is -0.326. The van der Waals surface area contributed by atoms with Crippen molar-refractivity contribution in [1.29, 1.82) is 0 Å². The smallest absolute Gasteiger partial charge is 0.141 e. The second kappa shape index (κ2) is 5.91. The molecule has 0 aliphatic rings. The van der Waals surface area contributed by atoms with Gasteiger partial charge in [0.25, 0.3) is 0 Å². The maximum atomic E-state index is 13.6. The first-order valence-electron chi connectivity index (χ1n) is 5.65. The third-order valence-corrected chi connectivity index (χ3v) is 3.14. The summed E-state index contributed by atoms with van der Waals surface area (Å²) in [6, 6.07) is 14.3. The van der Waals surface area contributed by atoms with E-state index in [2.05, 4.69) is 15.9 Å². The van der Waals surface area contributed by atoms with E-state index >= 15 is 0 Å². The first-order chi connectivity index (χ1) is 8.65. The van der Waals surface area contributed by atoms with Gasteiger partial charge in [-0.3, -0.25) is 4.79 Å². The van der Waals surface area contributed by atoms with Crippen LogP contribution in [0.25, 0.3) is 0 Å². The SMILES string of the molecule is O=C(Cc1ccccc1)Cc1ccc(Br)cc1F. The van der Waals surface area contributed by atoms with Crippen molar-refractivity contribution in [1.82, 2.24) is 0 Å². The molecule has 1 nitrogen and oxygen atoms in total. The Morgan fingerprint density at radius 1 is 1.06 bits per heavy atom. The molecule has 0 atom stereocenters. The molecule has 18 heavy (non-hydrogen) atoms. The van der Waals surface area contributed by atoms with Gasteiger partial charge in [-0.2, -0.15) is 0 Å². The predicted molar refractivity (Wildman–Crippen MR) is 73.0 cm³/mol. The zero-order valence-electron chi connectivity index (χ0n) is 9.70. The van der Waals surface area contributed by atoms with E-state index in [1.807, 2.05) is 30.3 Å². The lowest BCUT2D eigenvalue weighted by Crippen LogP contribution is -2.07. The predicted octanol–water partition coefficient (Wildman–Crippen LogP) is 3.94. The molecule has 0 unspecified atom stereocenters. The van der Waals surface area contributed by atoms with E-state index in [-0.39, 0.29) is 18.0 Å². The van der Waals surface area contributed by atoms with Crippen LogP contribution in [0.15, 0.2) is 53.0 Å². The molecule has 2 aromatic rings. The minimum Gasteiger partial charge on any atom is -0.299 e. The Hall–Kier alpha value is -1.48. The quantitative estimate of drug-likeness (QED) is 0.836. The van der Waals surface area contributed by atoms with E-state index in [1.54, 1.807) is 12.1 Å². The normalized spacial score (nSPS) is 10.3. The molecule has 0 N–H and O–H groups in total. The average molecular weight is 307 g/mol. The summed E-state index contributed by atoms with van der Waals surface area (Å²) >= 11 is 3.19. The highest BCUT2D eigenvalue weighted by molar-refractivity contribution is 9.10. The molecule has 0 aliphatic heterocycles. The summed E-state index contributed by atoms with van der Waals surface area (Å²) in [7, 11) is 0. The molecule has 0 amide bonds. The number of carbonyl (C=O) groups is 1. The summed E-state index contributed by atoms with van der Waals surface area (Å²) in [4.78, 5) is 11.8. The van der Waals surface area contributed by atoms with E-state index in [0.717, 1.165) is 5.56 Å². The second-order valence-corrected chi connectivity index (χ2v) is 5.03. The van der Waals surface area contributed by atoms with Gasteiger partial charge in [-0.1, -0.05) is 52.3 Å². The van der Waals surface area contributed by atoms with Gasteiger partial charge in [-0.05, 0) is 23.3 Å². The number of hydrogen-bond acceptors (Lipinski definition) is 1. The van der Waals surface area contributed by atoms with Crippen molar-refractivity contribution in [2.45, 2.75) is 12.8 Å². The van der Waals surface area contributed by atoms with Crippen molar-refractivity contribution in [2.75, 3.05) is 0 Å². The zero-order valence-corrected chi connectivity index (χ0v) is 11.3. The highest BCUT2D eigenvalue weighted by Crippen LogP contribution is 2.16. The number of rotatable bonds is 4. The summed E-state index contributed by atoms with van der Waals surface area (Å²) < 4.78 is 14.2. The molecular formula is C15H12BrFO. The van der Waals surface area contributed by atoms with Gasteiger partial charge in [0, 0.05) is 17.3 Å². The molecule has 92 valence electrons. The van der Waals surface area contributed by atoms with Crippen molar-refractivity contribution in [3.8, 4) is 0 Å². The van der Waals surface area contributed by atoms with E-state index in [9.17, 15) is 9.18 Å². The first-order valence-corrected chi connectivity index (χ1v) is 6.44. The third-order valence-electron chi connectivity index (χ3n) is 2.65. The number of benzene rings is 2. The van der Waals surface area contributed by atoms with E-state index in [0.29, 0.717) is 16.5 Å². The summed E-state index contributed by atoms with van der Waals surface area (Å²) in [5, 5.41) is 0. The molecular weight excluding hydrogens is 295 g/mol. The van der Waals surface area contributed by atoms with Gasteiger partial charge in [-0.25, -0.2) is 4.39 Å². The summed E-state index contributed by atoms with van der Waals surface area (Å²) in [6.45, 7) is 0. The van der Waals surface area contributed by atoms with Crippen LogP contribution in [0.5, 0.6) is 0 Å². The highest BCUT2D eigenvalue weighted by atomic mass is 79.9. The van der Waals surface area contributed by atoms with Gasteiger partial charge in [0.1, 0.15) is 11.6 Å². The molecule has 0 spiro atoms. The number of carbonyl (C=O) groups excluding carboxylic acids is 1. The van der Waals surface area contributed by atoms with Gasteiger partial charge < -0.3 is 0 Å². The van der Waals surface area contributed by atoms with Gasteiger partial charge in [0.2, 0.25) is 0 Å². The Balaban J connectivity index is 2.03. The van der Waals surface area contributed by atoms with Crippen molar-refractivity contribution < 1.29 is 9.18 Å². The van der Waals surface area contributed by atoms with Crippen LogP contribution in [0.2, 0.25) is 0 Å². The third kappa shape index (κ3) is 3.50. The number of ketones is 1. The van der Waals surface area contributed by atoms with Crippen molar-refractivity contribution in [3.05, 3.63) is 69.9 Å². The second-order valence-electron chi connectivity index (χ2n) is 4.11. The molecule has 0 radical (unpaired) electrons. The van der Waals surface area contributed by atoms with Gasteiger partial charge in [0.15, 0.2) is 0 Å². The molecule has 0 saturated heterocycles. The van der Waals surface area contributed by atoms with Crippen LogP contribution >= 0.6 is 15.9 Å². The fraction of sp³-hybridized carbons (Fsp3) is 0.133. The molecule has 2 aromatic carbocycles. The molecule has 3 heteroatoms. The molecule has 0 fully saturated rings. The minimum atomic E-state index is -0.342. The molecule has 0 aliphatic carbocycles. The van der Waals surface area contributed by atoms with Gasteiger partial charge >= 0.3 is 0 Å². The monoisotopic (exact) mass is 306 g/mol. The zero-order chi connectivity index (χ0) is 13.0. The minimum absolute atomic E-state index is 0.0161. The van der Waals surface area contributed by atoms with Crippen molar-refractivity contribution in [2.24, 2.45) is 0 Å². The first kappa shape index (κ1) is 13.0. The number of halogens is 2. The van der Waals surface area contributed by atoms with Gasteiger partial charge in [-0.15, -0.1) is 0 Å². The van der Waals surface area contributed by atoms with Crippen LogP contribution < -0.4 is 0 Å². The Morgan fingerprint density at radius 3 is 2.44 bits per heavy atom. The Bertz CT molecular complexity index is 552. The fourth-order valence-corrected chi connectivity index (χ4v) is 2.10. The average Bonchev–Trinajstić information content (AvgIpc) is 2.34. The lowest BCUT2D eigenvalue weighted by Gasteiger charge is -2.04. The maximum Gasteiger partial charge on any atom is 0.141 e. The Kier molecular flexibility index (Phi) is 4.26. The lowest BCUT2D eigenvalue weighted by atomic mass is 10.0. The van der Waals surface area contributed by atoms with Crippen LogP contribution in [0.1, 0.15) is 11.1 Å². The molecule has 0 saturated carbocycles. The topological polar surface area (TPSA) is 17.1 Å². The largest absolute Gasteiger partial charge is 0.299 e. The van der Waals surface area contributed by atoms with E-state index in [1.165, 1.54) is 6.07 Å². The van der Waals surface area contributed by atoms with E-state index in [4.69, 9.17) is 0 Å². The summed E-state index contributed by atoms with van der Waals surface area (Å²) in [6.07, 6.45) is 0.477. The van der Waals surface area contributed by atoms with Crippen LogP contribution in [-0.4, -0.2) is 5.78 Å². The summed E-state index contributed by atoms with van der Waals surface area (Å²) in [5.41, 5.74) is 1.40. The standard InChI is InChI=1S/C15H12BrFO/c16-13-7-6-12(15(17)10-13)9-14(18)8-11-4-2-1-3-5-11/h1-7,10H,8-9H2. The maximum absolute atomic E-state index is 13.6. The van der Waals surface area contributed by atoms with Gasteiger partial charge in [0.05, 0.1) is 0 Å².